The van der Waals surface area contributed by atoms with Gasteiger partial charge in [-0.15, -0.1) is 11.3 Å². The number of nitrogens with zero attached hydrogens (tertiary/aromatic N) is 5. The predicted octanol–water partition coefficient (Wildman–Crippen LogP) is 5.59. The van der Waals surface area contributed by atoms with Crippen LogP contribution in [0.15, 0.2) is 48.1 Å². The van der Waals surface area contributed by atoms with E-state index in [4.69, 9.17) is 0 Å². The number of likely N-dealkylation sites (N-methyl/N-ethyl adjacent to an activating group) is 1. The van der Waals surface area contributed by atoms with Crippen LogP contribution in [0.1, 0.15) is 37.8 Å². The lowest BCUT2D eigenvalue weighted by molar-refractivity contribution is -0.136. The third-order valence-electron chi connectivity index (χ3n) is 8.29. The number of aromatic nitrogens is 3. The molecule has 1 fully saturated rings. The van der Waals surface area contributed by atoms with E-state index in [2.05, 4.69) is 73.3 Å². The zero-order valence-corrected chi connectivity index (χ0v) is 24.3. The number of hydrogen-bond acceptors (Lipinski definition) is 7. The summed E-state index contributed by atoms with van der Waals surface area (Å²) in [6.07, 6.45) is 9.23. The van der Waals surface area contributed by atoms with Gasteiger partial charge in [-0.25, -0.2) is 9.97 Å². The van der Waals surface area contributed by atoms with Gasteiger partial charge in [0.05, 0.1) is 21.4 Å². The fourth-order valence-corrected chi connectivity index (χ4v) is 6.62. The number of H-pyrrole nitrogens is 1. The molecule has 210 valence electrons. The highest BCUT2D eigenvalue weighted by Gasteiger charge is 2.27. The highest BCUT2D eigenvalue weighted by molar-refractivity contribution is 7.16. The molecule has 2 aliphatic heterocycles. The summed E-state index contributed by atoms with van der Waals surface area (Å²) in [7, 11) is 4.25. The molecular weight excluding hydrogens is 518 g/mol. The molecule has 2 N–H and O–H groups in total. The van der Waals surface area contributed by atoms with E-state index < -0.39 is 0 Å². The molecule has 1 amide bonds. The minimum Gasteiger partial charge on any atom is -0.355 e. The Hall–Kier alpha value is -3.27. The monoisotopic (exact) mass is 557 g/mol. The first-order valence-corrected chi connectivity index (χ1v) is 15.3. The second kappa shape index (κ2) is 12.1. The Morgan fingerprint density at radius 3 is 2.90 bits per heavy atom. The number of pyridine rings is 1. The maximum absolute atomic E-state index is 13.5. The van der Waals surface area contributed by atoms with Gasteiger partial charge in [0.2, 0.25) is 5.91 Å². The summed E-state index contributed by atoms with van der Waals surface area (Å²) in [5.41, 5.74) is 8.17. The van der Waals surface area contributed by atoms with E-state index in [0.29, 0.717) is 12.5 Å². The van der Waals surface area contributed by atoms with Crippen molar-refractivity contribution in [3.05, 3.63) is 53.8 Å². The van der Waals surface area contributed by atoms with Crippen LogP contribution in [-0.4, -0.2) is 88.9 Å². The molecule has 0 saturated carbocycles. The standard InChI is InChI=1S/C31H39N7OS/c1-36(2)17-18-37-13-4-3-5-23(9-14-37)31(39)38-15-10-22(11-16-38)28-20-25-26(8-12-32-30(25)35-28)34-24-6-7-27-29(19-24)40-21-33-27/h6-8,10,12,19-21,23H,3-5,9,11,13-18H2,1-2H3,(H2,32,34,35). The number of hydrogen-bond donors (Lipinski definition) is 2. The Balaban J connectivity index is 1.11. The van der Waals surface area contributed by atoms with Gasteiger partial charge in [0.15, 0.2) is 0 Å². The van der Waals surface area contributed by atoms with Crippen molar-refractivity contribution in [2.24, 2.45) is 5.92 Å². The number of carbonyl (C=O) groups excluding carboxylic acids is 1. The number of fused-ring (bicyclic) bond motifs is 2. The molecule has 1 unspecified atom stereocenters. The van der Waals surface area contributed by atoms with Gasteiger partial charge in [-0.2, -0.15) is 0 Å². The number of benzene rings is 1. The number of aromatic amines is 1. The second-order valence-corrected chi connectivity index (χ2v) is 12.2. The van der Waals surface area contributed by atoms with Crippen LogP contribution >= 0.6 is 11.3 Å². The highest BCUT2D eigenvalue weighted by Crippen LogP contribution is 2.32. The first kappa shape index (κ1) is 26.9. The van der Waals surface area contributed by atoms with Crippen LogP contribution in [0.3, 0.4) is 0 Å². The number of thiazole rings is 1. The Kier molecular flexibility index (Phi) is 8.13. The molecule has 9 heteroatoms. The minimum atomic E-state index is 0.146. The highest BCUT2D eigenvalue weighted by atomic mass is 32.1. The number of carbonyl (C=O) groups is 1. The van der Waals surface area contributed by atoms with Gasteiger partial charge in [-0.1, -0.05) is 12.5 Å². The summed E-state index contributed by atoms with van der Waals surface area (Å²) in [6, 6.07) is 10.5. The zero-order chi connectivity index (χ0) is 27.5. The van der Waals surface area contributed by atoms with Crippen LogP contribution in [0, 0.1) is 5.92 Å². The molecule has 8 nitrogen and oxygen atoms in total. The summed E-state index contributed by atoms with van der Waals surface area (Å²) >= 11 is 1.65. The molecule has 4 aromatic rings. The SMILES string of the molecule is CN(C)CCN1CCCCC(C(=O)N2CC=C(c3cc4c(Nc5ccc6ncsc6c5)ccnc4[nH]3)CC2)CC1. The third-order valence-corrected chi connectivity index (χ3v) is 9.08. The normalized spacial score (nSPS) is 19.1. The Morgan fingerprint density at radius 1 is 1.12 bits per heavy atom. The van der Waals surface area contributed by atoms with Crippen molar-refractivity contribution < 1.29 is 4.79 Å². The van der Waals surface area contributed by atoms with Crippen LogP contribution in [-0.2, 0) is 4.79 Å². The van der Waals surface area contributed by atoms with E-state index in [9.17, 15) is 4.79 Å². The average Bonchev–Trinajstić information content (AvgIpc) is 3.60. The molecule has 0 aliphatic carbocycles. The van der Waals surface area contributed by atoms with Crippen LogP contribution in [0.4, 0.5) is 11.4 Å². The average molecular weight is 558 g/mol. The number of likely N-dealkylation sites (tertiary alicyclic amines) is 1. The molecule has 0 radical (unpaired) electrons. The number of anilines is 2. The zero-order valence-electron chi connectivity index (χ0n) is 23.5. The molecular formula is C31H39N7OS. The predicted molar refractivity (Wildman–Crippen MR) is 165 cm³/mol. The van der Waals surface area contributed by atoms with Crippen LogP contribution < -0.4 is 5.32 Å². The van der Waals surface area contributed by atoms with Gasteiger partial charge in [0.1, 0.15) is 5.65 Å². The van der Waals surface area contributed by atoms with E-state index in [1.54, 1.807) is 11.3 Å². The van der Waals surface area contributed by atoms with Gasteiger partial charge in [-0.3, -0.25) is 4.79 Å². The quantitative estimate of drug-likeness (QED) is 0.309. The largest absolute Gasteiger partial charge is 0.355 e. The van der Waals surface area contributed by atoms with Gasteiger partial charge in [-0.05, 0) is 88.8 Å². The van der Waals surface area contributed by atoms with E-state index in [-0.39, 0.29) is 5.92 Å². The van der Waals surface area contributed by atoms with E-state index >= 15 is 0 Å². The molecule has 2 aliphatic rings. The van der Waals surface area contributed by atoms with Crippen molar-refractivity contribution in [3.8, 4) is 0 Å². The van der Waals surface area contributed by atoms with Crippen molar-refractivity contribution in [1.29, 1.82) is 0 Å². The molecule has 1 saturated heterocycles. The molecule has 1 aromatic carbocycles. The lowest BCUT2D eigenvalue weighted by Gasteiger charge is -2.33. The van der Waals surface area contributed by atoms with Crippen LogP contribution in [0.25, 0.3) is 26.8 Å². The number of amides is 1. The molecule has 3 aromatic heterocycles. The minimum absolute atomic E-state index is 0.146. The topological polar surface area (TPSA) is 80.4 Å². The Labute approximate surface area is 240 Å². The smallest absolute Gasteiger partial charge is 0.226 e. The van der Waals surface area contributed by atoms with E-state index in [1.165, 1.54) is 12.0 Å². The summed E-state index contributed by atoms with van der Waals surface area (Å²) in [4.78, 5) is 32.8. The maximum Gasteiger partial charge on any atom is 0.226 e. The lowest BCUT2D eigenvalue weighted by atomic mass is 9.93. The van der Waals surface area contributed by atoms with Crippen LogP contribution in [0.5, 0.6) is 0 Å². The fraction of sp³-hybridized carbons (Fsp3) is 0.452. The first-order valence-electron chi connectivity index (χ1n) is 14.5. The Bertz CT molecular complexity index is 1510. The fourth-order valence-electron chi connectivity index (χ4n) is 5.90. The van der Waals surface area contributed by atoms with Crippen molar-refractivity contribution in [2.75, 3.05) is 58.7 Å². The summed E-state index contributed by atoms with van der Waals surface area (Å²) in [6.45, 7) is 5.79. The number of rotatable bonds is 7. The van der Waals surface area contributed by atoms with E-state index in [0.717, 1.165) is 96.7 Å². The van der Waals surface area contributed by atoms with Gasteiger partial charge >= 0.3 is 0 Å². The summed E-state index contributed by atoms with van der Waals surface area (Å²) in [5, 5.41) is 4.63. The van der Waals surface area contributed by atoms with Crippen molar-refractivity contribution >= 4 is 55.4 Å². The van der Waals surface area contributed by atoms with Crippen molar-refractivity contribution in [2.45, 2.75) is 32.1 Å². The summed E-state index contributed by atoms with van der Waals surface area (Å²) in [5.74, 6) is 0.486. The van der Waals surface area contributed by atoms with Crippen molar-refractivity contribution in [1.82, 2.24) is 29.7 Å². The lowest BCUT2D eigenvalue weighted by Crippen LogP contribution is -2.41. The van der Waals surface area contributed by atoms with Gasteiger partial charge in [0, 0.05) is 55.1 Å². The maximum atomic E-state index is 13.5. The van der Waals surface area contributed by atoms with Crippen molar-refractivity contribution in [3.63, 3.8) is 0 Å². The molecule has 40 heavy (non-hydrogen) atoms. The van der Waals surface area contributed by atoms with Gasteiger partial charge < -0.3 is 25.0 Å². The molecule has 0 spiro atoms. The number of nitrogens with one attached hydrogen (secondary N) is 2. The molecule has 0 bridgehead atoms. The second-order valence-electron chi connectivity index (χ2n) is 11.4. The molecule has 6 rings (SSSR count). The summed E-state index contributed by atoms with van der Waals surface area (Å²) < 4.78 is 1.16. The Morgan fingerprint density at radius 2 is 2.05 bits per heavy atom. The molecule has 5 heterocycles. The first-order chi connectivity index (χ1) is 19.5. The third kappa shape index (κ3) is 6.06. The van der Waals surface area contributed by atoms with E-state index in [1.807, 2.05) is 23.8 Å². The van der Waals surface area contributed by atoms with Gasteiger partial charge in [0.25, 0.3) is 0 Å². The van der Waals surface area contributed by atoms with Crippen LogP contribution in [0.2, 0.25) is 0 Å². The molecule has 1 atom stereocenters.